The third kappa shape index (κ3) is 4.94. The molecule has 0 atom stereocenters. The Morgan fingerprint density at radius 2 is 2.00 bits per heavy atom. The third-order valence-electron chi connectivity index (χ3n) is 3.81. The number of likely N-dealkylation sites (N-methyl/N-ethyl adjacent to an activating group) is 1. The minimum absolute atomic E-state index is 0.466. The lowest BCUT2D eigenvalue weighted by Gasteiger charge is -2.24. The zero-order valence-corrected chi connectivity index (χ0v) is 12.2. The second-order valence-electron chi connectivity index (χ2n) is 5.48. The van der Waals surface area contributed by atoms with Crippen LogP contribution in [0.15, 0.2) is 24.3 Å². The number of piperidine rings is 1. The molecular formula is C16H26N2O. The summed E-state index contributed by atoms with van der Waals surface area (Å²) in [5, 5.41) is 3.36. The number of ether oxygens (including phenoxy) is 1. The lowest BCUT2D eigenvalue weighted by atomic mass is 10.1. The van der Waals surface area contributed by atoms with Gasteiger partial charge in [0.2, 0.25) is 0 Å². The van der Waals surface area contributed by atoms with E-state index in [0.29, 0.717) is 6.10 Å². The van der Waals surface area contributed by atoms with E-state index in [0.717, 1.165) is 45.6 Å². The minimum atomic E-state index is 0.466. The van der Waals surface area contributed by atoms with E-state index < -0.39 is 0 Å². The van der Waals surface area contributed by atoms with Crippen LogP contribution in [0.25, 0.3) is 0 Å². The van der Waals surface area contributed by atoms with Crippen molar-refractivity contribution in [1.29, 1.82) is 0 Å². The summed E-state index contributed by atoms with van der Waals surface area (Å²) in [7, 11) is 2.16. The lowest BCUT2D eigenvalue weighted by molar-refractivity contribution is 0.0224. The lowest BCUT2D eigenvalue weighted by Crippen LogP contribution is -2.34. The fraction of sp³-hybridized carbons (Fsp3) is 0.625. The molecular weight excluding hydrogens is 236 g/mol. The molecule has 0 saturated carbocycles. The van der Waals surface area contributed by atoms with Crippen molar-refractivity contribution < 1.29 is 4.74 Å². The minimum Gasteiger partial charge on any atom is -0.377 e. The molecule has 3 nitrogen and oxygen atoms in total. The van der Waals surface area contributed by atoms with E-state index in [2.05, 4.69) is 48.5 Å². The van der Waals surface area contributed by atoms with Crippen LogP contribution in [0.5, 0.6) is 0 Å². The van der Waals surface area contributed by atoms with Crippen molar-refractivity contribution in [2.75, 3.05) is 33.3 Å². The molecule has 0 unspecified atom stereocenters. The largest absolute Gasteiger partial charge is 0.377 e. The van der Waals surface area contributed by atoms with Crippen LogP contribution in [0.2, 0.25) is 0 Å². The topological polar surface area (TPSA) is 24.5 Å². The molecule has 1 fully saturated rings. The summed E-state index contributed by atoms with van der Waals surface area (Å²) < 4.78 is 5.94. The molecule has 106 valence electrons. The number of nitrogens with zero attached hydrogens (tertiary/aromatic N) is 1. The second-order valence-corrected chi connectivity index (χ2v) is 5.48. The van der Waals surface area contributed by atoms with Gasteiger partial charge in [-0.3, -0.25) is 4.90 Å². The molecule has 0 aromatic heterocycles. The SMILES string of the molecule is Cc1ccccc1CN(C)CCOC1CCNCC1. The highest BCUT2D eigenvalue weighted by molar-refractivity contribution is 5.25. The van der Waals surface area contributed by atoms with Crippen molar-refractivity contribution in [1.82, 2.24) is 10.2 Å². The first-order valence-electron chi connectivity index (χ1n) is 7.31. The maximum Gasteiger partial charge on any atom is 0.0600 e. The van der Waals surface area contributed by atoms with E-state index in [9.17, 15) is 0 Å². The van der Waals surface area contributed by atoms with E-state index in [1.54, 1.807) is 0 Å². The van der Waals surface area contributed by atoms with Crippen LogP contribution in [0.4, 0.5) is 0 Å². The van der Waals surface area contributed by atoms with Crippen molar-refractivity contribution in [3.8, 4) is 0 Å². The molecule has 0 aliphatic carbocycles. The molecule has 1 aliphatic rings. The number of benzene rings is 1. The highest BCUT2D eigenvalue weighted by atomic mass is 16.5. The van der Waals surface area contributed by atoms with Crippen LogP contribution in [-0.2, 0) is 11.3 Å². The fourth-order valence-corrected chi connectivity index (χ4v) is 2.49. The molecule has 3 heteroatoms. The van der Waals surface area contributed by atoms with Gasteiger partial charge in [-0.05, 0) is 51.0 Å². The van der Waals surface area contributed by atoms with Gasteiger partial charge in [0, 0.05) is 13.1 Å². The Hall–Kier alpha value is -0.900. The van der Waals surface area contributed by atoms with E-state index >= 15 is 0 Å². The normalized spacial score (nSPS) is 17.0. The van der Waals surface area contributed by atoms with Gasteiger partial charge in [0.05, 0.1) is 12.7 Å². The van der Waals surface area contributed by atoms with Gasteiger partial charge in [0.15, 0.2) is 0 Å². The summed E-state index contributed by atoms with van der Waals surface area (Å²) >= 11 is 0. The molecule has 0 spiro atoms. The van der Waals surface area contributed by atoms with Gasteiger partial charge in [0.1, 0.15) is 0 Å². The van der Waals surface area contributed by atoms with Gasteiger partial charge in [-0.25, -0.2) is 0 Å². The summed E-state index contributed by atoms with van der Waals surface area (Å²) in [6, 6.07) is 8.59. The molecule has 19 heavy (non-hydrogen) atoms. The van der Waals surface area contributed by atoms with Crippen LogP contribution < -0.4 is 5.32 Å². The molecule has 2 rings (SSSR count). The van der Waals surface area contributed by atoms with Gasteiger partial charge in [0.25, 0.3) is 0 Å². The number of nitrogens with one attached hydrogen (secondary N) is 1. The predicted octanol–water partition coefficient (Wildman–Crippen LogP) is 2.20. The van der Waals surface area contributed by atoms with Gasteiger partial charge in [-0.15, -0.1) is 0 Å². The van der Waals surface area contributed by atoms with Crippen LogP contribution in [0, 0.1) is 6.92 Å². The highest BCUT2D eigenvalue weighted by Crippen LogP contribution is 2.10. The fourth-order valence-electron chi connectivity index (χ4n) is 2.49. The Balaban J connectivity index is 1.67. The molecule has 1 aromatic rings. The molecule has 1 heterocycles. The standard InChI is InChI=1S/C16H26N2O/c1-14-5-3-4-6-15(14)13-18(2)11-12-19-16-7-9-17-10-8-16/h3-6,16-17H,7-13H2,1-2H3. The van der Waals surface area contributed by atoms with Gasteiger partial charge in [-0.1, -0.05) is 24.3 Å². The quantitative estimate of drug-likeness (QED) is 0.850. The number of hydrogen-bond acceptors (Lipinski definition) is 3. The maximum absolute atomic E-state index is 5.94. The molecule has 1 N–H and O–H groups in total. The van der Waals surface area contributed by atoms with E-state index in [1.165, 1.54) is 11.1 Å². The first-order valence-corrected chi connectivity index (χ1v) is 7.31. The summed E-state index contributed by atoms with van der Waals surface area (Å²) in [4.78, 5) is 2.34. The average Bonchev–Trinajstić information content (AvgIpc) is 2.43. The molecule has 0 amide bonds. The Kier molecular flexibility index (Phi) is 5.83. The Morgan fingerprint density at radius 1 is 1.26 bits per heavy atom. The second kappa shape index (κ2) is 7.63. The monoisotopic (exact) mass is 262 g/mol. The van der Waals surface area contributed by atoms with E-state index in [4.69, 9.17) is 4.74 Å². The first kappa shape index (κ1) is 14.5. The van der Waals surface area contributed by atoms with Crippen molar-refractivity contribution >= 4 is 0 Å². The molecule has 1 saturated heterocycles. The van der Waals surface area contributed by atoms with Crippen molar-refractivity contribution in [3.05, 3.63) is 35.4 Å². The Bertz CT molecular complexity index is 375. The van der Waals surface area contributed by atoms with Gasteiger partial charge >= 0.3 is 0 Å². The van der Waals surface area contributed by atoms with Crippen LogP contribution in [-0.4, -0.2) is 44.3 Å². The first-order chi connectivity index (χ1) is 9.25. The Morgan fingerprint density at radius 3 is 2.74 bits per heavy atom. The molecule has 1 aliphatic heterocycles. The van der Waals surface area contributed by atoms with E-state index in [1.807, 2.05) is 0 Å². The van der Waals surface area contributed by atoms with Crippen molar-refractivity contribution in [3.63, 3.8) is 0 Å². The van der Waals surface area contributed by atoms with Crippen LogP contribution in [0.1, 0.15) is 24.0 Å². The average molecular weight is 262 g/mol. The zero-order valence-electron chi connectivity index (χ0n) is 12.2. The third-order valence-corrected chi connectivity index (χ3v) is 3.81. The van der Waals surface area contributed by atoms with Gasteiger partial charge < -0.3 is 10.1 Å². The number of hydrogen-bond donors (Lipinski definition) is 1. The van der Waals surface area contributed by atoms with E-state index in [-0.39, 0.29) is 0 Å². The van der Waals surface area contributed by atoms with Gasteiger partial charge in [-0.2, -0.15) is 0 Å². The molecule has 1 aromatic carbocycles. The van der Waals surface area contributed by atoms with Crippen molar-refractivity contribution in [2.24, 2.45) is 0 Å². The van der Waals surface area contributed by atoms with Crippen molar-refractivity contribution in [2.45, 2.75) is 32.4 Å². The summed E-state index contributed by atoms with van der Waals surface area (Å²) in [6.07, 6.45) is 2.77. The highest BCUT2D eigenvalue weighted by Gasteiger charge is 2.13. The maximum atomic E-state index is 5.94. The molecule has 0 radical (unpaired) electrons. The predicted molar refractivity (Wildman–Crippen MR) is 79.4 cm³/mol. The number of rotatable bonds is 6. The Labute approximate surface area is 116 Å². The number of aryl methyl sites for hydroxylation is 1. The summed E-state index contributed by atoms with van der Waals surface area (Å²) in [6.45, 7) is 7.22. The van der Waals surface area contributed by atoms with Crippen LogP contribution >= 0.6 is 0 Å². The van der Waals surface area contributed by atoms with Crippen LogP contribution in [0.3, 0.4) is 0 Å². The molecule has 0 bridgehead atoms. The summed E-state index contributed by atoms with van der Waals surface area (Å²) in [5.74, 6) is 0. The smallest absolute Gasteiger partial charge is 0.0600 e. The summed E-state index contributed by atoms with van der Waals surface area (Å²) in [5.41, 5.74) is 2.78. The zero-order chi connectivity index (χ0) is 13.5.